The molecule has 2 aromatic carbocycles. The van der Waals surface area contributed by atoms with E-state index in [9.17, 15) is 0 Å². The Kier molecular flexibility index (Phi) is 4.09. The number of piperidine rings is 1. The summed E-state index contributed by atoms with van der Waals surface area (Å²) >= 11 is 0. The molecule has 0 bridgehead atoms. The molecular weight excluding hydrogens is 294 g/mol. The fraction of sp³-hybridized carbons (Fsp3) is 0.455. The predicted molar refractivity (Wildman–Crippen MR) is 98.8 cm³/mol. The van der Waals surface area contributed by atoms with Gasteiger partial charge in [0, 0.05) is 12.0 Å². The second kappa shape index (κ2) is 6.25. The van der Waals surface area contributed by atoms with Gasteiger partial charge in [0.05, 0.1) is 7.11 Å². The van der Waals surface area contributed by atoms with Crippen LogP contribution >= 0.6 is 0 Å². The van der Waals surface area contributed by atoms with Gasteiger partial charge in [-0.3, -0.25) is 0 Å². The van der Waals surface area contributed by atoms with Crippen LogP contribution in [-0.2, 0) is 0 Å². The van der Waals surface area contributed by atoms with E-state index in [1.54, 1.807) is 7.11 Å². The third-order valence-electron chi connectivity index (χ3n) is 5.86. The largest absolute Gasteiger partial charge is 0.497 e. The van der Waals surface area contributed by atoms with Gasteiger partial charge in [0.2, 0.25) is 0 Å². The molecule has 0 spiro atoms. The van der Waals surface area contributed by atoms with Crippen LogP contribution in [-0.4, -0.2) is 13.7 Å². The topological polar surface area (TPSA) is 21.3 Å². The zero-order chi connectivity index (χ0) is 16.7. The molecule has 1 saturated heterocycles. The molecule has 0 aromatic heterocycles. The lowest BCUT2D eigenvalue weighted by Gasteiger charge is -2.31. The van der Waals surface area contributed by atoms with Crippen molar-refractivity contribution in [1.82, 2.24) is 5.32 Å². The van der Waals surface area contributed by atoms with Gasteiger partial charge in [-0.25, -0.2) is 0 Å². The first-order valence-electron chi connectivity index (χ1n) is 9.20. The Morgan fingerprint density at radius 2 is 1.83 bits per heavy atom. The van der Waals surface area contributed by atoms with Gasteiger partial charge in [-0.05, 0) is 65.6 Å². The summed E-state index contributed by atoms with van der Waals surface area (Å²) in [5.74, 6) is 2.69. The first-order chi connectivity index (χ1) is 11.7. The summed E-state index contributed by atoms with van der Waals surface area (Å²) in [6, 6.07) is 16.4. The Morgan fingerprint density at radius 3 is 2.54 bits per heavy atom. The number of benzene rings is 2. The monoisotopic (exact) mass is 321 g/mol. The minimum absolute atomic E-state index is 0.481. The van der Waals surface area contributed by atoms with Crippen LogP contribution in [0.2, 0.25) is 0 Å². The van der Waals surface area contributed by atoms with Crippen molar-refractivity contribution in [3.63, 3.8) is 0 Å². The van der Waals surface area contributed by atoms with Crippen LogP contribution in [0.25, 0.3) is 0 Å². The lowest BCUT2D eigenvalue weighted by atomic mass is 9.80. The van der Waals surface area contributed by atoms with Gasteiger partial charge in [0.15, 0.2) is 0 Å². The average Bonchev–Trinajstić information content (AvgIpc) is 2.95. The quantitative estimate of drug-likeness (QED) is 0.858. The van der Waals surface area contributed by atoms with Crippen molar-refractivity contribution < 1.29 is 4.74 Å². The minimum atomic E-state index is 0.481. The van der Waals surface area contributed by atoms with E-state index in [1.807, 2.05) is 0 Å². The van der Waals surface area contributed by atoms with Crippen LogP contribution in [0.15, 0.2) is 42.5 Å². The molecule has 1 N–H and O–H groups in total. The van der Waals surface area contributed by atoms with Crippen molar-refractivity contribution in [2.24, 2.45) is 5.92 Å². The average molecular weight is 321 g/mol. The molecule has 0 saturated carbocycles. The third kappa shape index (κ3) is 2.53. The maximum atomic E-state index is 5.51. The first kappa shape index (κ1) is 15.7. The predicted octanol–water partition coefficient (Wildman–Crippen LogP) is 5.00. The molecule has 126 valence electrons. The highest BCUT2D eigenvalue weighted by Gasteiger charge is 2.42. The molecular formula is C22H27NO. The van der Waals surface area contributed by atoms with E-state index < -0.39 is 0 Å². The number of ether oxygens (including phenoxy) is 1. The molecule has 0 amide bonds. The van der Waals surface area contributed by atoms with Gasteiger partial charge in [0.25, 0.3) is 0 Å². The van der Waals surface area contributed by atoms with E-state index in [4.69, 9.17) is 4.74 Å². The van der Waals surface area contributed by atoms with Gasteiger partial charge in [-0.15, -0.1) is 0 Å². The van der Waals surface area contributed by atoms with E-state index in [0.717, 1.165) is 12.3 Å². The maximum absolute atomic E-state index is 5.51. The second-order valence-electron chi connectivity index (χ2n) is 7.53. The van der Waals surface area contributed by atoms with Crippen molar-refractivity contribution >= 4 is 0 Å². The summed E-state index contributed by atoms with van der Waals surface area (Å²) in [5, 5.41) is 3.76. The Balaban J connectivity index is 1.78. The summed E-state index contributed by atoms with van der Waals surface area (Å²) < 4.78 is 5.51. The number of rotatable bonds is 3. The third-order valence-corrected chi connectivity index (χ3v) is 5.86. The van der Waals surface area contributed by atoms with Gasteiger partial charge in [0.1, 0.15) is 5.75 Å². The Labute approximate surface area is 145 Å². The van der Waals surface area contributed by atoms with Crippen LogP contribution < -0.4 is 10.1 Å². The van der Waals surface area contributed by atoms with E-state index in [2.05, 4.69) is 61.6 Å². The summed E-state index contributed by atoms with van der Waals surface area (Å²) in [7, 11) is 1.76. The highest BCUT2D eigenvalue weighted by atomic mass is 16.5. The molecule has 4 rings (SSSR count). The van der Waals surface area contributed by atoms with E-state index in [1.165, 1.54) is 35.1 Å². The highest BCUT2D eigenvalue weighted by Crippen LogP contribution is 2.52. The maximum Gasteiger partial charge on any atom is 0.119 e. The Bertz CT molecular complexity index is 719. The number of hydrogen-bond acceptors (Lipinski definition) is 2. The zero-order valence-corrected chi connectivity index (χ0v) is 14.9. The summed E-state index contributed by atoms with van der Waals surface area (Å²) in [6.07, 6.45) is 2.57. The molecule has 0 radical (unpaired) electrons. The lowest BCUT2D eigenvalue weighted by Crippen LogP contribution is -2.32. The molecule has 2 aromatic rings. The molecule has 1 fully saturated rings. The zero-order valence-electron chi connectivity index (χ0n) is 14.9. The first-order valence-corrected chi connectivity index (χ1v) is 9.20. The van der Waals surface area contributed by atoms with Gasteiger partial charge in [-0.1, -0.05) is 44.2 Å². The highest BCUT2D eigenvalue weighted by molar-refractivity contribution is 5.50. The SMILES string of the molecule is COc1ccc2c(c1)[C@@H](c1ccc(C(C)C)cc1)[C@@H]1CCCN[C@H]21. The fourth-order valence-electron chi connectivity index (χ4n) is 4.59. The normalized spacial score (nSPS) is 25.4. The smallest absolute Gasteiger partial charge is 0.119 e. The molecule has 1 aliphatic heterocycles. The Hall–Kier alpha value is -1.80. The van der Waals surface area contributed by atoms with E-state index in [0.29, 0.717) is 23.8 Å². The van der Waals surface area contributed by atoms with Crippen LogP contribution in [0.4, 0.5) is 0 Å². The van der Waals surface area contributed by atoms with E-state index >= 15 is 0 Å². The summed E-state index contributed by atoms with van der Waals surface area (Å²) in [5.41, 5.74) is 5.79. The second-order valence-corrected chi connectivity index (χ2v) is 7.53. The van der Waals surface area contributed by atoms with Crippen molar-refractivity contribution in [3.8, 4) is 5.75 Å². The molecule has 24 heavy (non-hydrogen) atoms. The van der Waals surface area contributed by atoms with Crippen molar-refractivity contribution in [2.75, 3.05) is 13.7 Å². The molecule has 2 nitrogen and oxygen atoms in total. The van der Waals surface area contributed by atoms with Crippen molar-refractivity contribution in [1.29, 1.82) is 0 Å². The summed E-state index contributed by atoms with van der Waals surface area (Å²) in [6.45, 7) is 5.64. The van der Waals surface area contributed by atoms with Gasteiger partial charge in [-0.2, -0.15) is 0 Å². The number of fused-ring (bicyclic) bond motifs is 3. The molecule has 3 atom stereocenters. The van der Waals surface area contributed by atoms with Crippen LogP contribution in [0.5, 0.6) is 5.75 Å². The van der Waals surface area contributed by atoms with Gasteiger partial charge >= 0.3 is 0 Å². The van der Waals surface area contributed by atoms with Crippen LogP contribution in [0.1, 0.15) is 66.8 Å². The standard InChI is InChI=1S/C22H27NO/c1-14(2)15-6-8-16(9-7-15)21-19-5-4-12-23-22(19)18-11-10-17(24-3)13-20(18)21/h6-11,13-14,19,21-23H,4-5,12H2,1-3H3/t19-,21-,22+/m0/s1. The molecule has 1 heterocycles. The lowest BCUT2D eigenvalue weighted by molar-refractivity contribution is 0.287. The van der Waals surface area contributed by atoms with Crippen molar-refractivity contribution in [3.05, 3.63) is 64.7 Å². The molecule has 2 heteroatoms. The number of nitrogens with one attached hydrogen (secondary N) is 1. The van der Waals surface area contributed by atoms with Crippen molar-refractivity contribution in [2.45, 2.75) is 44.6 Å². The number of hydrogen-bond donors (Lipinski definition) is 1. The molecule has 1 aliphatic carbocycles. The van der Waals surface area contributed by atoms with Crippen LogP contribution in [0, 0.1) is 5.92 Å². The van der Waals surface area contributed by atoms with Crippen LogP contribution in [0.3, 0.4) is 0 Å². The van der Waals surface area contributed by atoms with Gasteiger partial charge < -0.3 is 10.1 Å². The summed E-state index contributed by atoms with van der Waals surface area (Å²) in [4.78, 5) is 0. The Morgan fingerprint density at radius 1 is 1.04 bits per heavy atom. The molecule has 2 aliphatic rings. The molecule has 0 unspecified atom stereocenters. The minimum Gasteiger partial charge on any atom is -0.497 e. The van der Waals surface area contributed by atoms with E-state index in [-0.39, 0.29) is 0 Å². The number of methoxy groups -OCH3 is 1. The fourth-order valence-corrected chi connectivity index (χ4v) is 4.59.